The van der Waals surface area contributed by atoms with E-state index in [4.69, 9.17) is 4.84 Å². The maximum Gasteiger partial charge on any atom is 0.435 e. The van der Waals surface area contributed by atoms with Crippen molar-refractivity contribution in [1.82, 2.24) is 15.5 Å². The lowest BCUT2D eigenvalue weighted by atomic mass is 9.47. The molecule has 4 aliphatic carbocycles. The minimum Gasteiger partial charge on any atom is -0.393 e. The first kappa shape index (κ1) is 27.6. The van der Waals surface area contributed by atoms with Gasteiger partial charge in [-0.2, -0.15) is 0 Å². The van der Waals surface area contributed by atoms with Crippen LogP contribution < -0.4 is 10.6 Å². The number of allylic oxidation sites excluding steroid dienone is 1. The third kappa shape index (κ3) is 4.80. The van der Waals surface area contributed by atoms with E-state index in [1.165, 1.54) is 24.8 Å². The van der Waals surface area contributed by atoms with Crippen molar-refractivity contribution < 1.29 is 19.5 Å². The molecule has 0 aromatic rings. The van der Waals surface area contributed by atoms with Gasteiger partial charge in [0, 0.05) is 32.6 Å². The lowest BCUT2D eigenvalue weighted by molar-refractivity contribution is -0.122. The minimum absolute atomic E-state index is 0.00770. The van der Waals surface area contributed by atoms with Crippen LogP contribution in [0.3, 0.4) is 0 Å². The summed E-state index contributed by atoms with van der Waals surface area (Å²) in [6, 6.07) is -0.122. The van der Waals surface area contributed by atoms with Crippen LogP contribution in [0.2, 0.25) is 0 Å². The number of nitrogens with zero attached hydrogens (tertiary/aromatic N) is 2. The fourth-order valence-electron chi connectivity index (χ4n) is 9.32. The molecule has 8 nitrogen and oxygen atoms in total. The van der Waals surface area contributed by atoms with Gasteiger partial charge in [0.1, 0.15) is 0 Å². The molecule has 2 amide bonds. The summed E-state index contributed by atoms with van der Waals surface area (Å²) in [5.41, 5.74) is 2.89. The number of fused-ring (bicyclic) bond motifs is 5. The number of hydrogen-bond acceptors (Lipinski definition) is 6. The van der Waals surface area contributed by atoms with E-state index in [-0.39, 0.29) is 34.9 Å². The maximum atomic E-state index is 12.7. The number of carbonyl (C=O) groups is 2. The second-order valence-electron chi connectivity index (χ2n) is 13.4. The minimum atomic E-state index is -0.449. The molecule has 3 saturated carbocycles. The van der Waals surface area contributed by atoms with Crippen molar-refractivity contribution in [2.24, 2.45) is 39.7 Å². The van der Waals surface area contributed by atoms with E-state index < -0.39 is 6.09 Å². The average molecular weight is 529 g/mol. The summed E-state index contributed by atoms with van der Waals surface area (Å²) in [4.78, 5) is 31.6. The van der Waals surface area contributed by atoms with E-state index in [2.05, 4.69) is 35.7 Å². The van der Waals surface area contributed by atoms with Gasteiger partial charge in [0.2, 0.25) is 5.91 Å². The number of aliphatic hydroxyl groups excluding tert-OH is 1. The molecule has 5 rings (SSSR count). The molecule has 0 spiro atoms. The standard InChI is InChI=1S/C30H48N4O4/c1-18(33-38-28(37)34(5)17-20-7-11-26(32-20)27(36)31-4)23-9-10-24-22-8-6-19-16-21(35)12-14-29(19,2)25(22)13-15-30(23,24)3/h6,20-26,32,35H,7-17H2,1-5H3,(H,31,36)/b33-18+/t20?,21-,22-,23+,24-,25-,26?,29-,30+/m0/s1. The quantitative estimate of drug-likeness (QED) is 0.214. The number of likely N-dealkylation sites (N-methyl/N-ethyl adjacent to an activating group) is 2. The third-order valence-corrected chi connectivity index (χ3v) is 11.5. The molecule has 1 saturated heterocycles. The summed E-state index contributed by atoms with van der Waals surface area (Å²) in [5, 5.41) is 20.6. The summed E-state index contributed by atoms with van der Waals surface area (Å²) < 4.78 is 0. The summed E-state index contributed by atoms with van der Waals surface area (Å²) in [7, 11) is 3.37. The van der Waals surface area contributed by atoms with Crippen LogP contribution >= 0.6 is 0 Å². The van der Waals surface area contributed by atoms with E-state index in [0.29, 0.717) is 30.2 Å². The Hall–Kier alpha value is -1.93. The molecule has 5 aliphatic rings. The van der Waals surface area contributed by atoms with E-state index in [1.807, 2.05) is 6.92 Å². The lowest BCUT2D eigenvalue weighted by Gasteiger charge is -2.58. The van der Waals surface area contributed by atoms with Gasteiger partial charge in [-0.25, -0.2) is 4.79 Å². The lowest BCUT2D eigenvalue weighted by Crippen LogP contribution is -2.50. The smallest absolute Gasteiger partial charge is 0.393 e. The van der Waals surface area contributed by atoms with Crippen LogP contribution in [0, 0.1) is 34.5 Å². The van der Waals surface area contributed by atoms with Gasteiger partial charge < -0.3 is 20.6 Å². The van der Waals surface area contributed by atoms with Gasteiger partial charge in [0.15, 0.2) is 0 Å². The van der Waals surface area contributed by atoms with Gasteiger partial charge in [-0.3, -0.25) is 9.63 Å². The molecule has 9 atom stereocenters. The van der Waals surface area contributed by atoms with Gasteiger partial charge in [-0.05, 0) is 99.7 Å². The molecular formula is C30H48N4O4. The third-order valence-electron chi connectivity index (χ3n) is 11.5. The number of amides is 2. The highest BCUT2D eigenvalue weighted by molar-refractivity contribution is 5.85. The molecule has 38 heavy (non-hydrogen) atoms. The Morgan fingerprint density at radius 2 is 1.95 bits per heavy atom. The van der Waals surface area contributed by atoms with Crippen molar-refractivity contribution in [3.8, 4) is 0 Å². The van der Waals surface area contributed by atoms with Gasteiger partial charge >= 0.3 is 6.09 Å². The Morgan fingerprint density at radius 3 is 2.71 bits per heavy atom. The summed E-state index contributed by atoms with van der Waals surface area (Å²) in [6.45, 7) is 7.45. The summed E-state index contributed by atoms with van der Waals surface area (Å²) in [5.74, 6) is 2.40. The van der Waals surface area contributed by atoms with Crippen molar-refractivity contribution in [2.75, 3.05) is 20.6 Å². The number of nitrogens with one attached hydrogen (secondary N) is 2. The molecule has 0 bridgehead atoms. The van der Waals surface area contributed by atoms with Crippen molar-refractivity contribution in [2.45, 2.75) is 103 Å². The van der Waals surface area contributed by atoms with Crippen molar-refractivity contribution in [3.05, 3.63) is 11.6 Å². The first-order valence-corrected chi connectivity index (χ1v) is 14.9. The summed E-state index contributed by atoms with van der Waals surface area (Å²) >= 11 is 0. The second kappa shape index (κ2) is 10.6. The molecular weight excluding hydrogens is 480 g/mol. The molecule has 3 N–H and O–H groups in total. The molecule has 4 fully saturated rings. The Kier molecular flexibility index (Phi) is 7.68. The molecule has 1 heterocycles. The molecule has 0 radical (unpaired) electrons. The zero-order chi connectivity index (χ0) is 27.2. The van der Waals surface area contributed by atoms with Gasteiger partial charge in [0.05, 0.1) is 17.9 Å². The van der Waals surface area contributed by atoms with Crippen LogP contribution in [0.25, 0.3) is 0 Å². The first-order chi connectivity index (χ1) is 18.1. The zero-order valence-corrected chi connectivity index (χ0v) is 24.0. The SMILES string of the molecule is CNC(=O)C1CCC(CN(C)C(=O)O/N=C(\C)[C@H]2CC[C@H]3[C@@H]4CC=C5C[C@@H](O)CC[C@]5(C)[C@H]4CC[C@]23C)N1. The number of carbonyl (C=O) groups excluding carboxylic acids is 2. The normalized spacial score (nSPS) is 42.4. The topological polar surface area (TPSA) is 103 Å². The van der Waals surface area contributed by atoms with Gasteiger partial charge in [0.25, 0.3) is 0 Å². The van der Waals surface area contributed by atoms with E-state index in [9.17, 15) is 14.7 Å². The average Bonchev–Trinajstić information content (AvgIpc) is 3.51. The highest BCUT2D eigenvalue weighted by atomic mass is 16.7. The second-order valence-corrected chi connectivity index (χ2v) is 13.4. The molecule has 212 valence electrons. The molecule has 1 aliphatic heterocycles. The number of aliphatic hydroxyl groups is 1. The highest BCUT2D eigenvalue weighted by Crippen LogP contribution is 2.66. The monoisotopic (exact) mass is 528 g/mol. The summed E-state index contributed by atoms with van der Waals surface area (Å²) in [6.07, 6.45) is 12.3. The van der Waals surface area contributed by atoms with Gasteiger partial charge in [-0.1, -0.05) is 30.7 Å². The van der Waals surface area contributed by atoms with Crippen LogP contribution in [-0.4, -0.2) is 66.5 Å². The highest BCUT2D eigenvalue weighted by Gasteiger charge is 2.59. The van der Waals surface area contributed by atoms with Crippen LogP contribution in [0.4, 0.5) is 4.79 Å². The first-order valence-electron chi connectivity index (χ1n) is 14.9. The van der Waals surface area contributed by atoms with Crippen LogP contribution in [0.5, 0.6) is 0 Å². The fraction of sp³-hybridized carbons (Fsp3) is 0.833. The van der Waals surface area contributed by atoms with E-state index >= 15 is 0 Å². The molecule has 8 heteroatoms. The van der Waals surface area contributed by atoms with Crippen molar-refractivity contribution in [3.63, 3.8) is 0 Å². The molecule has 0 aromatic carbocycles. The van der Waals surface area contributed by atoms with Crippen molar-refractivity contribution >= 4 is 17.7 Å². The van der Waals surface area contributed by atoms with E-state index in [0.717, 1.165) is 50.7 Å². The van der Waals surface area contributed by atoms with Crippen LogP contribution in [-0.2, 0) is 9.63 Å². The molecule has 2 unspecified atom stereocenters. The number of oxime groups is 1. The largest absolute Gasteiger partial charge is 0.435 e. The number of rotatable bonds is 5. The fourth-order valence-corrected chi connectivity index (χ4v) is 9.32. The Bertz CT molecular complexity index is 997. The predicted octanol–water partition coefficient (Wildman–Crippen LogP) is 4.24. The Labute approximate surface area is 228 Å². The molecule has 0 aromatic heterocycles. The zero-order valence-electron chi connectivity index (χ0n) is 24.0. The van der Waals surface area contributed by atoms with Crippen LogP contribution in [0.15, 0.2) is 16.8 Å². The Balaban J connectivity index is 1.19. The van der Waals surface area contributed by atoms with Crippen molar-refractivity contribution in [1.29, 1.82) is 0 Å². The maximum absolute atomic E-state index is 12.7. The number of hydrogen-bond donors (Lipinski definition) is 3. The van der Waals surface area contributed by atoms with Gasteiger partial charge in [-0.15, -0.1) is 0 Å². The van der Waals surface area contributed by atoms with Crippen LogP contribution in [0.1, 0.15) is 85.0 Å². The predicted molar refractivity (Wildman–Crippen MR) is 147 cm³/mol. The Morgan fingerprint density at radius 1 is 1.16 bits per heavy atom. The van der Waals surface area contributed by atoms with E-state index in [1.54, 1.807) is 19.0 Å².